The van der Waals surface area contributed by atoms with Gasteiger partial charge in [0.15, 0.2) is 5.78 Å². The van der Waals surface area contributed by atoms with Crippen LogP contribution in [0.4, 0.5) is 0 Å². The molecule has 162 valence electrons. The zero-order valence-corrected chi connectivity index (χ0v) is 16.4. The van der Waals surface area contributed by atoms with Crippen LogP contribution in [0.25, 0.3) is 12.2 Å². The van der Waals surface area contributed by atoms with Gasteiger partial charge in [-0.1, -0.05) is 12.1 Å². The first-order valence-corrected chi connectivity index (χ1v) is 9.25. The summed E-state index contributed by atoms with van der Waals surface area (Å²) in [5.74, 6) is -5.65. The molecule has 9 nitrogen and oxygen atoms in total. The molecule has 0 aromatic heterocycles. The van der Waals surface area contributed by atoms with Crippen LogP contribution < -0.4 is 0 Å². The van der Waals surface area contributed by atoms with Gasteiger partial charge >= 0.3 is 23.9 Å². The van der Waals surface area contributed by atoms with Gasteiger partial charge in [-0.3, -0.25) is 4.79 Å². The number of carbonyl (C=O) groups is 5. The summed E-state index contributed by atoms with van der Waals surface area (Å²) >= 11 is 0. The Morgan fingerprint density at radius 3 is 1.31 bits per heavy atom. The molecule has 0 unspecified atom stereocenters. The van der Waals surface area contributed by atoms with Gasteiger partial charge < -0.3 is 20.4 Å². The second-order valence-electron chi connectivity index (χ2n) is 6.99. The molecular formula is C23H16O9. The molecule has 0 bridgehead atoms. The molecule has 1 aliphatic rings. The van der Waals surface area contributed by atoms with E-state index < -0.39 is 29.7 Å². The fourth-order valence-electron chi connectivity index (χ4n) is 3.35. The average molecular weight is 436 g/mol. The number of hydrogen-bond acceptors (Lipinski definition) is 5. The summed E-state index contributed by atoms with van der Waals surface area (Å²) in [7, 11) is 0. The molecule has 0 amide bonds. The highest BCUT2D eigenvalue weighted by molar-refractivity contribution is 6.16. The van der Waals surface area contributed by atoms with E-state index >= 15 is 0 Å². The molecule has 32 heavy (non-hydrogen) atoms. The highest BCUT2D eigenvalue weighted by Gasteiger charge is 2.25. The molecule has 2 aromatic rings. The van der Waals surface area contributed by atoms with E-state index in [1.165, 1.54) is 36.4 Å². The maximum absolute atomic E-state index is 12.8. The average Bonchev–Trinajstić information content (AvgIpc) is 3.07. The molecule has 3 rings (SSSR count). The zero-order chi connectivity index (χ0) is 23.6. The van der Waals surface area contributed by atoms with Gasteiger partial charge in [0.05, 0.1) is 22.3 Å². The molecule has 0 spiro atoms. The van der Waals surface area contributed by atoms with Crippen molar-refractivity contribution in [3.05, 3.63) is 80.9 Å². The fourth-order valence-corrected chi connectivity index (χ4v) is 3.35. The lowest BCUT2D eigenvalue weighted by Gasteiger charge is -2.05. The molecule has 0 atom stereocenters. The Kier molecular flexibility index (Phi) is 6.01. The number of rotatable bonds is 6. The van der Waals surface area contributed by atoms with Crippen molar-refractivity contribution in [3.63, 3.8) is 0 Å². The number of hydrogen-bond donors (Lipinski definition) is 4. The largest absolute Gasteiger partial charge is 0.478 e. The lowest BCUT2D eigenvalue weighted by Crippen LogP contribution is -2.06. The van der Waals surface area contributed by atoms with Crippen LogP contribution in [-0.4, -0.2) is 50.1 Å². The van der Waals surface area contributed by atoms with Crippen molar-refractivity contribution in [1.82, 2.24) is 0 Å². The van der Waals surface area contributed by atoms with Crippen molar-refractivity contribution in [2.45, 2.75) is 12.8 Å². The van der Waals surface area contributed by atoms with Gasteiger partial charge in [0.2, 0.25) is 0 Å². The molecule has 1 aliphatic carbocycles. The van der Waals surface area contributed by atoms with Gasteiger partial charge in [0.25, 0.3) is 0 Å². The fraction of sp³-hybridized carbons (Fsp3) is 0.0870. The summed E-state index contributed by atoms with van der Waals surface area (Å²) in [5.41, 5.74) is -0.00197. The van der Waals surface area contributed by atoms with Gasteiger partial charge in [0, 0.05) is 11.1 Å². The molecule has 1 saturated carbocycles. The number of ketones is 1. The van der Waals surface area contributed by atoms with E-state index in [-0.39, 0.29) is 46.2 Å². The number of carboxylic acid groups (broad SMARTS) is 4. The Labute approximate surface area is 180 Å². The highest BCUT2D eigenvalue weighted by atomic mass is 16.4. The minimum absolute atomic E-state index is 0.170. The van der Waals surface area contributed by atoms with Crippen LogP contribution in [0.15, 0.2) is 47.5 Å². The van der Waals surface area contributed by atoms with Crippen LogP contribution >= 0.6 is 0 Å². The minimum Gasteiger partial charge on any atom is -0.478 e. The lowest BCUT2D eigenvalue weighted by molar-refractivity contribution is -0.111. The predicted octanol–water partition coefficient (Wildman–Crippen LogP) is 3.31. The van der Waals surface area contributed by atoms with Crippen LogP contribution in [-0.2, 0) is 4.79 Å². The topological polar surface area (TPSA) is 166 Å². The van der Waals surface area contributed by atoms with E-state index in [9.17, 15) is 34.2 Å². The van der Waals surface area contributed by atoms with Crippen molar-refractivity contribution in [3.8, 4) is 0 Å². The number of Topliss-reactive ketones (excluding diaryl/α,β-unsaturated/α-hetero) is 1. The first kappa shape index (κ1) is 22.2. The van der Waals surface area contributed by atoms with Gasteiger partial charge in [-0.25, -0.2) is 19.2 Å². The summed E-state index contributed by atoms with van der Waals surface area (Å²) < 4.78 is 0. The highest BCUT2D eigenvalue weighted by Crippen LogP contribution is 2.31. The van der Waals surface area contributed by atoms with Crippen molar-refractivity contribution in [1.29, 1.82) is 0 Å². The lowest BCUT2D eigenvalue weighted by atomic mass is 9.99. The van der Waals surface area contributed by atoms with Gasteiger partial charge in [-0.05, 0) is 60.4 Å². The van der Waals surface area contributed by atoms with Crippen molar-refractivity contribution in [2.75, 3.05) is 0 Å². The smallest absolute Gasteiger partial charge is 0.336 e. The van der Waals surface area contributed by atoms with Crippen molar-refractivity contribution < 1.29 is 44.4 Å². The SMILES string of the molecule is O=C1C(=Cc2ccc(C(=O)O)cc2C(=O)O)CCC1=Cc1ccc(C(=O)O)cc1C(=O)O. The first-order valence-electron chi connectivity index (χ1n) is 9.25. The van der Waals surface area contributed by atoms with E-state index in [2.05, 4.69) is 0 Å². The van der Waals surface area contributed by atoms with E-state index in [0.29, 0.717) is 11.1 Å². The van der Waals surface area contributed by atoms with Crippen LogP contribution in [0, 0.1) is 0 Å². The third-order valence-electron chi connectivity index (χ3n) is 4.97. The number of allylic oxidation sites excluding steroid dienone is 2. The summed E-state index contributed by atoms with van der Waals surface area (Å²) in [6.07, 6.45) is 3.31. The van der Waals surface area contributed by atoms with Gasteiger partial charge in [-0.15, -0.1) is 0 Å². The summed E-state index contributed by atoms with van der Waals surface area (Å²) in [5, 5.41) is 36.9. The monoisotopic (exact) mass is 436 g/mol. The zero-order valence-electron chi connectivity index (χ0n) is 16.4. The Bertz CT molecular complexity index is 1150. The van der Waals surface area contributed by atoms with Gasteiger partial charge in [0.1, 0.15) is 0 Å². The third-order valence-corrected chi connectivity index (χ3v) is 4.97. The standard InChI is InChI=1S/C23H16O9/c24-19-13(7-11-1-5-15(20(25)26)9-17(11)22(29)30)3-4-14(19)8-12-2-6-16(21(27)28)10-18(12)23(31)32/h1-2,5-10H,3-4H2,(H,25,26)(H,27,28)(H,29,30)(H,31,32). The minimum atomic E-state index is -1.34. The Balaban J connectivity index is 1.98. The second-order valence-corrected chi connectivity index (χ2v) is 6.99. The normalized spacial score (nSPS) is 15.8. The van der Waals surface area contributed by atoms with Crippen molar-refractivity contribution >= 4 is 41.8 Å². The Hall–Kier alpha value is -4.53. The molecule has 2 aromatic carbocycles. The Morgan fingerprint density at radius 2 is 1.00 bits per heavy atom. The van der Waals surface area contributed by atoms with Gasteiger partial charge in [-0.2, -0.15) is 0 Å². The predicted molar refractivity (Wildman–Crippen MR) is 111 cm³/mol. The number of carboxylic acids is 4. The number of aromatic carboxylic acids is 4. The first-order chi connectivity index (χ1) is 15.1. The van der Waals surface area contributed by atoms with Crippen LogP contribution in [0.1, 0.15) is 65.4 Å². The van der Waals surface area contributed by atoms with E-state index in [0.717, 1.165) is 12.1 Å². The Morgan fingerprint density at radius 1 is 0.625 bits per heavy atom. The summed E-state index contributed by atoms with van der Waals surface area (Å²) in [6.45, 7) is 0. The second kappa shape index (κ2) is 8.68. The maximum Gasteiger partial charge on any atom is 0.336 e. The number of carbonyl (C=O) groups excluding carboxylic acids is 1. The molecule has 0 radical (unpaired) electrons. The molecule has 9 heteroatoms. The third kappa shape index (κ3) is 4.46. The van der Waals surface area contributed by atoms with Crippen LogP contribution in [0.2, 0.25) is 0 Å². The molecule has 0 heterocycles. The molecule has 0 aliphatic heterocycles. The number of benzene rings is 2. The molecule has 0 saturated heterocycles. The summed E-state index contributed by atoms with van der Waals surface area (Å²) in [4.78, 5) is 58.0. The molecule has 4 N–H and O–H groups in total. The van der Waals surface area contributed by atoms with E-state index in [1.54, 1.807) is 0 Å². The van der Waals surface area contributed by atoms with E-state index in [4.69, 9.17) is 10.2 Å². The molecular weight excluding hydrogens is 420 g/mol. The maximum atomic E-state index is 12.8. The summed E-state index contributed by atoms with van der Waals surface area (Å²) in [6, 6.07) is 7.11. The molecule has 1 fully saturated rings. The van der Waals surface area contributed by atoms with E-state index in [1.807, 2.05) is 0 Å². The van der Waals surface area contributed by atoms with Crippen molar-refractivity contribution in [2.24, 2.45) is 0 Å². The van der Waals surface area contributed by atoms with Crippen LogP contribution in [0.3, 0.4) is 0 Å². The quantitative estimate of drug-likeness (QED) is 0.497. The van der Waals surface area contributed by atoms with Crippen LogP contribution in [0.5, 0.6) is 0 Å².